The lowest BCUT2D eigenvalue weighted by atomic mass is 10.3. The Morgan fingerprint density at radius 2 is 2.00 bits per heavy atom. The van der Waals surface area contributed by atoms with Crippen molar-refractivity contribution in [2.75, 3.05) is 18.8 Å². The molecule has 2 N–H and O–H groups in total. The molecule has 1 aromatic carbocycles. The molecule has 0 aliphatic rings. The van der Waals surface area contributed by atoms with E-state index in [1.54, 1.807) is 12.1 Å². The van der Waals surface area contributed by atoms with Crippen molar-refractivity contribution < 1.29 is 8.42 Å². The molecule has 0 radical (unpaired) electrons. The second kappa shape index (κ2) is 5.84. The van der Waals surface area contributed by atoms with Crippen molar-refractivity contribution in [3.63, 3.8) is 0 Å². The molecule has 0 atom stereocenters. The second-order valence-corrected chi connectivity index (χ2v) is 6.47. The Balaban J connectivity index is 3.15. The molecule has 96 valence electrons. The van der Waals surface area contributed by atoms with Gasteiger partial charge in [-0.25, -0.2) is 8.42 Å². The molecular weight excluding hydrogens is 304 g/mol. The van der Waals surface area contributed by atoms with Gasteiger partial charge in [-0.15, -0.1) is 0 Å². The highest BCUT2D eigenvalue weighted by molar-refractivity contribution is 9.10. The summed E-state index contributed by atoms with van der Waals surface area (Å²) in [5.41, 5.74) is 6.17. The number of nitrogens with zero attached hydrogens (tertiary/aromatic N) is 1. The van der Waals surface area contributed by atoms with Crippen LogP contribution in [0.5, 0.6) is 0 Å². The first-order valence-corrected chi connectivity index (χ1v) is 7.72. The summed E-state index contributed by atoms with van der Waals surface area (Å²) in [6.45, 7) is 4.79. The Hall–Kier alpha value is -0.590. The van der Waals surface area contributed by atoms with Crippen LogP contribution in [0.25, 0.3) is 0 Å². The lowest BCUT2D eigenvalue weighted by Crippen LogP contribution is -2.31. The Morgan fingerprint density at radius 1 is 1.35 bits per heavy atom. The number of hydrogen-bond donors (Lipinski definition) is 1. The zero-order chi connectivity index (χ0) is 13.1. The number of benzene rings is 1. The Morgan fingerprint density at radius 3 is 2.47 bits per heavy atom. The van der Waals surface area contributed by atoms with E-state index >= 15 is 0 Å². The van der Waals surface area contributed by atoms with Gasteiger partial charge in [0.2, 0.25) is 10.0 Å². The summed E-state index contributed by atoms with van der Waals surface area (Å²) >= 11 is 3.24. The van der Waals surface area contributed by atoms with E-state index in [0.29, 0.717) is 23.2 Å². The van der Waals surface area contributed by atoms with E-state index in [1.807, 2.05) is 13.8 Å². The highest BCUT2D eigenvalue weighted by Gasteiger charge is 2.22. The van der Waals surface area contributed by atoms with Crippen molar-refractivity contribution in [3.8, 4) is 0 Å². The molecule has 0 aliphatic carbocycles. The summed E-state index contributed by atoms with van der Waals surface area (Å²) in [5, 5.41) is 0. The van der Waals surface area contributed by atoms with Crippen LogP contribution < -0.4 is 5.73 Å². The molecule has 0 heterocycles. The highest BCUT2D eigenvalue weighted by Crippen LogP contribution is 2.25. The van der Waals surface area contributed by atoms with Crippen LogP contribution in [0.15, 0.2) is 27.6 Å². The predicted octanol–water partition coefficient (Wildman–Crippen LogP) is 2.45. The van der Waals surface area contributed by atoms with Gasteiger partial charge >= 0.3 is 0 Å². The molecule has 0 aromatic heterocycles. The molecule has 17 heavy (non-hydrogen) atoms. The summed E-state index contributed by atoms with van der Waals surface area (Å²) in [6.07, 6.45) is 0.795. The van der Waals surface area contributed by atoms with E-state index in [4.69, 9.17) is 5.73 Å². The number of nitrogens with two attached hydrogens (primary N) is 1. The summed E-state index contributed by atoms with van der Waals surface area (Å²) < 4.78 is 26.6. The molecule has 0 saturated carbocycles. The summed E-state index contributed by atoms with van der Waals surface area (Å²) in [4.78, 5) is 0.272. The van der Waals surface area contributed by atoms with Gasteiger partial charge in [-0.3, -0.25) is 0 Å². The maximum Gasteiger partial charge on any atom is 0.243 e. The highest BCUT2D eigenvalue weighted by atomic mass is 79.9. The van der Waals surface area contributed by atoms with Gasteiger partial charge in [0.1, 0.15) is 0 Å². The van der Waals surface area contributed by atoms with Crippen molar-refractivity contribution in [3.05, 3.63) is 22.7 Å². The lowest BCUT2D eigenvalue weighted by Gasteiger charge is -2.20. The molecular formula is C11H17BrN2O2S. The Labute approximate surface area is 111 Å². The van der Waals surface area contributed by atoms with Gasteiger partial charge in [-0.2, -0.15) is 4.31 Å². The third kappa shape index (κ3) is 3.20. The van der Waals surface area contributed by atoms with Gasteiger partial charge in [-0.1, -0.05) is 13.8 Å². The van der Waals surface area contributed by atoms with Crippen molar-refractivity contribution in [2.24, 2.45) is 0 Å². The molecule has 4 nitrogen and oxygen atoms in total. The van der Waals surface area contributed by atoms with E-state index < -0.39 is 10.0 Å². The van der Waals surface area contributed by atoms with Crippen LogP contribution >= 0.6 is 15.9 Å². The van der Waals surface area contributed by atoms with Crippen LogP contribution in [0.2, 0.25) is 0 Å². The molecule has 0 aliphatic heterocycles. The smallest absolute Gasteiger partial charge is 0.243 e. The second-order valence-electron chi connectivity index (χ2n) is 3.68. The monoisotopic (exact) mass is 320 g/mol. The van der Waals surface area contributed by atoms with E-state index in [0.717, 1.165) is 6.42 Å². The van der Waals surface area contributed by atoms with Crippen LogP contribution in [-0.2, 0) is 10.0 Å². The first-order valence-electron chi connectivity index (χ1n) is 5.48. The van der Waals surface area contributed by atoms with Crippen molar-refractivity contribution in [2.45, 2.75) is 25.2 Å². The molecule has 0 fully saturated rings. The first-order chi connectivity index (χ1) is 7.93. The quantitative estimate of drug-likeness (QED) is 0.847. The minimum absolute atomic E-state index is 0.272. The number of sulfonamides is 1. The molecule has 6 heteroatoms. The number of halogens is 1. The average Bonchev–Trinajstić information content (AvgIpc) is 2.29. The molecule has 0 bridgehead atoms. The van der Waals surface area contributed by atoms with Gasteiger partial charge in [0.15, 0.2) is 0 Å². The zero-order valence-corrected chi connectivity index (χ0v) is 12.4. The number of rotatable bonds is 5. The summed E-state index contributed by atoms with van der Waals surface area (Å²) in [6, 6.07) is 4.67. The lowest BCUT2D eigenvalue weighted by molar-refractivity contribution is 0.427. The number of anilines is 1. The summed E-state index contributed by atoms with van der Waals surface area (Å²) in [7, 11) is -3.40. The van der Waals surface area contributed by atoms with E-state index in [-0.39, 0.29) is 4.90 Å². The van der Waals surface area contributed by atoms with Gasteiger partial charge in [-0.05, 0) is 40.5 Å². The molecule has 1 aromatic rings. The third-order valence-electron chi connectivity index (χ3n) is 2.44. The first kappa shape index (κ1) is 14.5. The largest absolute Gasteiger partial charge is 0.398 e. The molecule has 0 unspecified atom stereocenters. The van der Waals surface area contributed by atoms with Crippen LogP contribution in [0.1, 0.15) is 20.3 Å². The van der Waals surface area contributed by atoms with E-state index in [1.165, 1.54) is 10.4 Å². The van der Waals surface area contributed by atoms with Gasteiger partial charge in [0.25, 0.3) is 0 Å². The zero-order valence-electron chi connectivity index (χ0n) is 9.98. The van der Waals surface area contributed by atoms with Gasteiger partial charge < -0.3 is 5.73 Å². The van der Waals surface area contributed by atoms with Crippen LogP contribution in [0.4, 0.5) is 5.69 Å². The fourth-order valence-corrected chi connectivity index (χ4v) is 3.61. The van der Waals surface area contributed by atoms with Gasteiger partial charge in [0, 0.05) is 23.2 Å². The fraction of sp³-hybridized carbons (Fsp3) is 0.455. The number of nitrogen functional groups attached to an aromatic ring is 1. The normalized spacial score (nSPS) is 12.0. The topological polar surface area (TPSA) is 63.4 Å². The standard InChI is InChI=1S/C11H17BrN2O2S/c1-3-7-14(4-2)17(15,16)9-5-6-11(13)10(12)8-9/h5-6,8H,3-4,7,13H2,1-2H3. The fourth-order valence-electron chi connectivity index (χ4n) is 1.52. The Kier molecular flexibility index (Phi) is 4.97. The van der Waals surface area contributed by atoms with E-state index in [2.05, 4.69) is 15.9 Å². The van der Waals surface area contributed by atoms with Crippen molar-refractivity contribution in [1.82, 2.24) is 4.31 Å². The number of hydrogen-bond acceptors (Lipinski definition) is 3. The third-order valence-corrected chi connectivity index (χ3v) is 5.09. The van der Waals surface area contributed by atoms with Crippen LogP contribution in [0.3, 0.4) is 0 Å². The molecule has 0 amide bonds. The predicted molar refractivity (Wildman–Crippen MR) is 73.3 cm³/mol. The SMILES string of the molecule is CCCN(CC)S(=O)(=O)c1ccc(N)c(Br)c1. The van der Waals surface area contributed by atoms with Crippen LogP contribution in [-0.4, -0.2) is 25.8 Å². The van der Waals surface area contributed by atoms with E-state index in [9.17, 15) is 8.42 Å². The maximum absolute atomic E-state index is 12.3. The minimum atomic E-state index is -3.40. The Bertz CT molecular complexity index is 488. The minimum Gasteiger partial charge on any atom is -0.398 e. The van der Waals surface area contributed by atoms with Crippen LogP contribution in [0, 0.1) is 0 Å². The molecule has 0 spiro atoms. The molecule has 0 saturated heterocycles. The average molecular weight is 321 g/mol. The maximum atomic E-state index is 12.3. The summed E-state index contributed by atoms with van der Waals surface area (Å²) in [5.74, 6) is 0. The van der Waals surface area contributed by atoms with Crippen molar-refractivity contribution in [1.29, 1.82) is 0 Å². The van der Waals surface area contributed by atoms with Gasteiger partial charge in [0.05, 0.1) is 4.90 Å². The molecule has 1 rings (SSSR count). The van der Waals surface area contributed by atoms with Crippen molar-refractivity contribution >= 4 is 31.6 Å².